The topological polar surface area (TPSA) is 82.0 Å². The maximum absolute atomic E-state index is 14.4. The lowest BCUT2D eigenvalue weighted by atomic mass is 10.2. The molecule has 0 atom stereocenters. The number of para-hydroxylation sites is 1. The van der Waals surface area contributed by atoms with Crippen molar-refractivity contribution in [1.29, 1.82) is 0 Å². The van der Waals surface area contributed by atoms with Crippen LogP contribution in [-0.4, -0.2) is 34.9 Å². The van der Waals surface area contributed by atoms with Crippen LogP contribution in [0.2, 0.25) is 0 Å². The highest BCUT2D eigenvalue weighted by molar-refractivity contribution is 5.97. The molecule has 4 aromatic heterocycles. The third-order valence-corrected chi connectivity index (χ3v) is 4.71. The highest BCUT2D eigenvalue weighted by Crippen LogP contribution is 2.21. The predicted molar refractivity (Wildman–Crippen MR) is 107 cm³/mol. The largest absolute Gasteiger partial charge is 0.345 e. The second-order valence-corrected chi connectivity index (χ2v) is 6.56. The van der Waals surface area contributed by atoms with Gasteiger partial charge in [-0.05, 0) is 36.4 Å². The van der Waals surface area contributed by atoms with Gasteiger partial charge in [-0.1, -0.05) is 18.2 Å². The molecule has 0 saturated heterocycles. The highest BCUT2D eigenvalue weighted by atomic mass is 19.1. The Morgan fingerprint density at radius 3 is 2.57 bits per heavy atom. The van der Waals surface area contributed by atoms with E-state index in [4.69, 9.17) is 0 Å². The van der Waals surface area contributed by atoms with Crippen LogP contribution in [0, 0.1) is 5.82 Å². The van der Waals surface area contributed by atoms with Crippen molar-refractivity contribution in [3.8, 4) is 11.5 Å². The summed E-state index contributed by atoms with van der Waals surface area (Å²) in [5.74, 6) is 0.251. The average molecular weight is 401 g/mol. The third-order valence-electron chi connectivity index (χ3n) is 4.71. The molecule has 0 aliphatic rings. The fourth-order valence-electron chi connectivity index (χ4n) is 3.29. The van der Waals surface area contributed by atoms with E-state index in [1.807, 2.05) is 36.5 Å². The molecule has 0 radical (unpaired) electrons. The first-order valence-corrected chi connectivity index (χ1v) is 9.25. The van der Waals surface area contributed by atoms with Gasteiger partial charge < -0.3 is 9.88 Å². The zero-order valence-corrected chi connectivity index (χ0v) is 15.7. The number of halogens is 1. The molecule has 5 aromatic rings. The van der Waals surface area contributed by atoms with Crippen molar-refractivity contribution in [3.63, 3.8) is 0 Å². The zero-order valence-electron chi connectivity index (χ0n) is 15.7. The first-order valence-electron chi connectivity index (χ1n) is 9.25. The number of nitrogens with one attached hydrogen (secondary N) is 1. The van der Waals surface area contributed by atoms with E-state index in [-0.39, 0.29) is 18.1 Å². The van der Waals surface area contributed by atoms with Gasteiger partial charge in [-0.15, -0.1) is 10.2 Å². The van der Waals surface area contributed by atoms with Gasteiger partial charge in [0, 0.05) is 18.6 Å². The zero-order chi connectivity index (χ0) is 20.5. The molecule has 5 rings (SSSR count). The van der Waals surface area contributed by atoms with Crippen LogP contribution in [0.1, 0.15) is 16.2 Å². The number of hydrogen-bond donors (Lipinski definition) is 1. The monoisotopic (exact) mass is 401 g/mol. The number of carbonyl (C=O) groups excluding carboxylic acids is 1. The fourth-order valence-corrected chi connectivity index (χ4v) is 3.29. The minimum Gasteiger partial charge on any atom is -0.345 e. The van der Waals surface area contributed by atoms with E-state index in [0.717, 1.165) is 0 Å². The number of pyridine rings is 1. The number of aromatic nitrogens is 6. The Balaban J connectivity index is 1.49. The van der Waals surface area contributed by atoms with Crippen molar-refractivity contribution < 1.29 is 9.18 Å². The number of nitrogens with zero attached hydrogens (tertiary/aromatic N) is 6. The van der Waals surface area contributed by atoms with Gasteiger partial charge in [0.25, 0.3) is 5.91 Å². The summed E-state index contributed by atoms with van der Waals surface area (Å²) in [6.45, 7) is 0.181. The lowest BCUT2D eigenvalue weighted by Gasteiger charge is -2.11. The van der Waals surface area contributed by atoms with E-state index in [2.05, 4.69) is 20.6 Å². The maximum atomic E-state index is 14.4. The molecule has 0 bridgehead atoms. The highest BCUT2D eigenvalue weighted by Gasteiger charge is 2.21. The van der Waals surface area contributed by atoms with Crippen LogP contribution in [0.3, 0.4) is 0 Å². The van der Waals surface area contributed by atoms with Crippen molar-refractivity contribution in [2.24, 2.45) is 0 Å². The van der Waals surface area contributed by atoms with E-state index in [9.17, 15) is 9.18 Å². The molecule has 0 aliphatic heterocycles. The molecular formula is C21H16FN7O. The lowest BCUT2D eigenvalue weighted by Crippen LogP contribution is -2.25. The van der Waals surface area contributed by atoms with Gasteiger partial charge in [-0.3, -0.25) is 9.20 Å². The van der Waals surface area contributed by atoms with Gasteiger partial charge in [-0.2, -0.15) is 5.10 Å². The van der Waals surface area contributed by atoms with Gasteiger partial charge in [-0.25, -0.2) is 9.07 Å². The van der Waals surface area contributed by atoms with Crippen molar-refractivity contribution >= 4 is 11.6 Å². The van der Waals surface area contributed by atoms with Gasteiger partial charge in [0.1, 0.15) is 17.1 Å². The summed E-state index contributed by atoms with van der Waals surface area (Å²) in [6.07, 6.45) is 6.81. The maximum Gasteiger partial charge on any atom is 0.257 e. The summed E-state index contributed by atoms with van der Waals surface area (Å²) in [4.78, 5) is 13.0. The second kappa shape index (κ2) is 7.28. The predicted octanol–water partition coefficient (Wildman–Crippen LogP) is 2.77. The van der Waals surface area contributed by atoms with Crippen LogP contribution in [0.25, 0.3) is 17.2 Å². The quantitative estimate of drug-likeness (QED) is 0.491. The van der Waals surface area contributed by atoms with E-state index in [1.165, 1.54) is 16.9 Å². The Bertz CT molecular complexity index is 1340. The number of fused-ring (bicyclic) bond motifs is 1. The Labute approximate surface area is 170 Å². The van der Waals surface area contributed by atoms with Crippen LogP contribution in [-0.2, 0) is 6.54 Å². The molecular weight excluding hydrogens is 385 g/mol. The smallest absolute Gasteiger partial charge is 0.257 e. The summed E-state index contributed by atoms with van der Waals surface area (Å²) >= 11 is 0. The number of hydrogen-bond acceptors (Lipinski definition) is 4. The van der Waals surface area contributed by atoms with Crippen molar-refractivity contribution in [1.82, 2.24) is 34.3 Å². The molecule has 9 heteroatoms. The average Bonchev–Trinajstić information content (AvgIpc) is 3.51. The normalized spacial score (nSPS) is 11.1. The van der Waals surface area contributed by atoms with Crippen LogP contribution in [0.5, 0.6) is 0 Å². The Morgan fingerprint density at radius 2 is 1.73 bits per heavy atom. The van der Waals surface area contributed by atoms with Gasteiger partial charge in [0.05, 0.1) is 12.7 Å². The van der Waals surface area contributed by atoms with E-state index >= 15 is 0 Å². The molecule has 1 N–H and O–H groups in total. The van der Waals surface area contributed by atoms with Crippen molar-refractivity contribution in [3.05, 3.63) is 96.6 Å². The second-order valence-electron chi connectivity index (χ2n) is 6.56. The number of amides is 1. The number of rotatable bonds is 5. The molecule has 8 nitrogen and oxygen atoms in total. The Kier molecular flexibility index (Phi) is 4.32. The van der Waals surface area contributed by atoms with Gasteiger partial charge in [0.15, 0.2) is 17.3 Å². The number of benzene rings is 1. The minimum absolute atomic E-state index is 0.181. The van der Waals surface area contributed by atoms with E-state index < -0.39 is 5.82 Å². The van der Waals surface area contributed by atoms with Crippen LogP contribution in [0.4, 0.5) is 4.39 Å². The summed E-state index contributed by atoms with van der Waals surface area (Å²) < 4.78 is 19.3. The molecule has 0 unspecified atom stereocenters. The van der Waals surface area contributed by atoms with Gasteiger partial charge in [0.2, 0.25) is 0 Å². The molecule has 4 heterocycles. The summed E-state index contributed by atoms with van der Waals surface area (Å²) in [7, 11) is 0. The Hall–Kier alpha value is -4.27. The number of carbonyl (C=O) groups is 1. The Morgan fingerprint density at radius 1 is 0.967 bits per heavy atom. The SMILES string of the molecule is O=C(NCc1nnc2ccccn12)c1cnn(-c2ccccc2F)c1-n1cccc1. The van der Waals surface area contributed by atoms with Crippen LogP contribution in [0.15, 0.2) is 79.4 Å². The molecule has 0 aliphatic carbocycles. The standard InChI is InChI=1S/C21H16FN7O/c22-16-7-1-2-8-17(16)29-21(27-10-5-6-11-27)15(13-24-29)20(30)23-14-19-26-25-18-9-3-4-12-28(18)19/h1-13H,14H2,(H,23,30). The first-order chi connectivity index (χ1) is 14.7. The fraction of sp³-hybridized carbons (Fsp3) is 0.0476. The summed E-state index contributed by atoms with van der Waals surface area (Å²) in [6, 6.07) is 15.5. The van der Waals surface area contributed by atoms with Crippen molar-refractivity contribution in [2.75, 3.05) is 0 Å². The minimum atomic E-state index is -0.434. The van der Waals surface area contributed by atoms with E-state index in [0.29, 0.717) is 22.9 Å². The van der Waals surface area contributed by atoms with Crippen LogP contribution < -0.4 is 5.32 Å². The van der Waals surface area contributed by atoms with Gasteiger partial charge >= 0.3 is 0 Å². The van der Waals surface area contributed by atoms with E-state index in [1.54, 1.807) is 39.6 Å². The molecule has 0 spiro atoms. The molecule has 1 aromatic carbocycles. The lowest BCUT2D eigenvalue weighted by molar-refractivity contribution is 0.0949. The summed E-state index contributed by atoms with van der Waals surface area (Å²) in [5, 5.41) is 15.3. The molecule has 30 heavy (non-hydrogen) atoms. The van der Waals surface area contributed by atoms with Crippen molar-refractivity contribution in [2.45, 2.75) is 6.54 Å². The molecule has 0 saturated carbocycles. The summed E-state index contributed by atoms with van der Waals surface area (Å²) in [5.41, 5.74) is 1.26. The molecule has 0 fully saturated rings. The third kappa shape index (κ3) is 3.02. The van der Waals surface area contributed by atoms with Crippen LogP contribution >= 0.6 is 0 Å². The first kappa shape index (κ1) is 17.8. The molecule has 148 valence electrons. The molecule has 1 amide bonds.